The minimum absolute atomic E-state index is 0.0767. The highest BCUT2D eigenvalue weighted by molar-refractivity contribution is 5.73. The van der Waals surface area contributed by atoms with Gasteiger partial charge in [-0.3, -0.25) is 9.69 Å². The number of ether oxygens (including phenoxy) is 1. The highest BCUT2D eigenvalue weighted by Crippen LogP contribution is 2.09. The van der Waals surface area contributed by atoms with Crippen LogP contribution < -0.4 is 5.32 Å². The summed E-state index contributed by atoms with van der Waals surface area (Å²) in [5, 5.41) is 12.2. The molecule has 19 heavy (non-hydrogen) atoms. The lowest BCUT2D eigenvalue weighted by atomic mass is 10.0. The van der Waals surface area contributed by atoms with Crippen molar-refractivity contribution in [2.45, 2.75) is 39.8 Å². The molecule has 0 aromatic heterocycles. The van der Waals surface area contributed by atoms with E-state index < -0.39 is 12.0 Å². The van der Waals surface area contributed by atoms with Crippen molar-refractivity contribution < 1.29 is 14.6 Å². The van der Waals surface area contributed by atoms with Crippen molar-refractivity contribution in [2.75, 3.05) is 32.8 Å². The summed E-state index contributed by atoms with van der Waals surface area (Å²) >= 11 is 0. The second kappa shape index (κ2) is 7.82. The first-order valence-corrected chi connectivity index (χ1v) is 7.20. The molecule has 0 aromatic carbocycles. The maximum absolute atomic E-state index is 11.1. The molecule has 1 saturated heterocycles. The second-order valence-electron chi connectivity index (χ2n) is 6.11. The Balaban J connectivity index is 2.37. The van der Waals surface area contributed by atoms with E-state index in [4.69, 9.17) is 9.84 Å². The fourth-order valence-corrected chi connectivity index (χ4v) is 2.45. The van der Waals surface area contributed by atoms with Gasteiger partial charge in [0.2, 0.25) is 0 Å². The number of morpholine rings is 1. The van der Waals surface area contributed by atoms with Gasteiger partial charge in [0.05, 0.1) is 12.7 Å². The van der Waals surface area contributed by atoms with Gasteiger partial charge in [-0.25, -0.2) is 0 Å². The molecule has 2 atom stereocenters. The number of nitrogens with one attached hydrogen (secondary N) is 1. The van der Waals surface area contributed by atoms with E-state index in [2.05, 4.69) is 24.1 Å². The molecule has 0 saturated carbocycles. The first kappa shape index (κ1) is 16.4. The topological polar surface area (TPSA) is 61.8 Å². The van der Waals surface area contributed by atoms with Gasteiger partial charge in [0, 0.05) is 26.2 Å². The molecule has 5 heteroatoms. The van der Waals surface area contributed by atoms with E-state index in [0.29, 0.717) is 12.5 Å². The molecule has 1 rings (SSSR count). The first-order chi connectivity index (χ1) is 8.90. The molecule has 1 fully saturated rings. The molecular weight excluding hydrogens is 244 g/mol. The number of nitrogens with zero attached hydrogens (tertiary/aromatic N) is 1. The van der Waals surface area contributed by atoms with Gasteiger partial charge < -0.3 is 15.2 Å². The van der Waals surface area contributed by atoms with E-state index in [1.165, 1.54) is 0 Å². The molecule has 2 N–H and O–H groups in total. The number of carboxylic acid groups (broad SMARTS) is 1. The van der Waals surface area contributed by atoms with E-state index >= 15 is 0 Å². The zero-order valence-corrected chi connectivity index (χ0v) is 12.6. The number of carbonyl (C=O) groups is 1. The summed E-state index contributed by atoms with van der Waals surface area (Å²) in [4.78, 5) is 13.5. The van der Waals surface area contributed by atoms with Crippen molar-refractivity contribution in [2.24, 2.45) is 11.8 Å². The Labute approximate surface area is 116 Å². The number of carboxylic acids is 1. The summed E-state index contributed by atoms with van der Waals surface area (Å²) < 4.78 is 5.70. The minimum Gasteiger partial charge on any atom is -0.480 e. The monoisotopic (exact) mass is 272 g/mol. The van der Waals surface area contributed by atoms with Crippen LogP contribution in [-0.4, -0.2) is 60.9 Å². The van der Waals surface area contributed by atoms with E-state index in [1.54, 1.807) is 0 Å². The molecular formula is C14H28N2O3. The van der Waals surface area contributed by atoms with Crippen LogP contribution in [0.5, 0.6) is 0 Å². The predicted octanol–water partition coefficient (Wildman–Crippen LogP) is 1.04. The highest BCUT2D eigenvalue weighted by Gasteiger charge is 2.25. The molecule has 112 valence electrons. The Hall–Kier alpha value is -0.650. The SMILES string of the molecule is CC(C)CN1CCOC(CNC(C(=O)O)C(C)C)C1. The maximum Gasteiger partial charge on any atom is 0.320 e. The van der Waals surface area contributed by atoms with Crippen LogP contribution in [-0.2, 0) is 9.53 Å². The predicted molar refractivity (Wildman–Crippen MR) is 75.3 cm³/mol. The summed E-state index contributed by atoms with van der Waals surface area (Å²) in [6.45, 7) is 12.5. The average Bonchev–Trinajstić information content (AvgIpc) is 2.27. The summed E-state index contributed by atoms with van der Waals surface area (Å²) in [6.07, 6.45) is 0.0908. The standard InChI is InChI=1S/C14H28N2O3/c1-10(2)8-16-5-6-19-12(9-16)7-15-13(11(3)4)14(17)18/h10-13,15H,5-9H2,1-4H3,(H,17,18). The van der Waals surface area contributed by atoms with Crippen molar-refractivity contribution in [3.63, 3.8) is 0 Å². The van der Waals surface area contributed by atoms with Crippen LogP contribution in [0.1, 0.15) is 27.7 Å². The van der Waals surface area contributed by atoms with Crippen LogP contribution in [0.3, 0.4) is 0 Å². The third kappa shape index (κ3) is 5.89. The molecule has 5 nitrogen and oxygen atoms in total. The zero-order valence-electron chi connectivity index (χ0n) is 12.6. The Morgan fingerprint density at radius 3 is 2.63 bits per heavy atom. The number of hydrogen-bond donors (Lipinski definition) is 2. The molecule has 1 aliphatic rings. The van der Waals surface area contributed by atoms with E-state index in [0.717, 1.165) is 26.2 Å². The van der Waals surface area contributed by atoms with Crippen molar-refractivity contribution in [1.82, 2.24) is 10.2 Å². The Morgan fingerprint density at radius 1 is 1.42 bits per heavy atom. The number of rotatable bonds is 7. The van der Waals surface area contributed by atoms with Crippen LogP contribution >= 0.6 is 0 Å². The van der Waals surface area contributed by atoms with Crippen molar-refractivity contribution in [1.29, 1.82) is 0 Å². The molecule has 0 amide bonds. The summed E-state index contributed by atoms with van der Waals surface area (Å²) in [5.74, 6) is -0.0631. The Kier molecular flexibility index (Phi) is 6.75. The Morgan fingerprint density at radius 2 is 2.11 bits per heavy atom. The Bertz CT molecular complexity index is 282. The molecule has 0 aliphatic carbocycles. The van der Waals surface area contributed by atoms with E-state index in [1.807, 2.05) is 13.8 Å². The van der Waals surface area contributed by atoms with E-state index in [-0.39, 0.29) is 12.0 Å². The van der Waals surface area contributed by atoms with Gasteiger partial charge in [-0.15, -0.1) is 0 Å². The van der Waals surface area contributed by atoms with Gasteiger partial charge in [0.25, 0.3) is 0 Å². The third-order valence-corrected chi connectivity index (χ3v) is 3.34. The molecule has 0 spiro atoms. The average molecular weight is 272 g/mol. The summed E-state index contributed by atoms with van der Waals surface area (Å²) in [5.41, 5.74) is 0. The summed E-state index contributed by atoms with van der Waals surface area (Å²) in [7, 11) is 0. The van der Waals surface area contributed by atoms with Gasteiger partial charge in [-0.2, -0.15) is 0 Å². The smallest absolute Gasteiger partial charge is 0.320 e. The lowest BCUT2D eigenvalue weighted by Gasteiger charge is -2.34. The van der Waals surface area contributed by atoms with Crippen molar-refractivity contribution in [3.05, 3.63) is 0 Å². The molecule has 0 bridgehead atoms. The molecule has 0 radical (unpaired) electrons. The van der Waals surface area contributed by atoms with Gasteiger partial charge in [0.1, 0.15) is 6.04 Å². The fourth-order valence-electron chi connectivity index (χ4n) is 2.45. The molecule has 2 unspecified atom stereocenters. The lowest BCUT2D eigenvalue weighted by molar-refractivity contribution is -0.141. The molecule has 0 aromatic rings. The van der Waals surface area contributed by atoms with Crippen molar-refractivity contribution >= 4 is 5.97 Å². The summed E-state index contributed by atoms with van der Waals surface area (Å²) in [6, 6.07) is -0.496. The van der Waals surface area contributed by atoms with Crippen LogP contribution in [0, 0.1) is 11.8 Å². The van der Waals surface area contributed by atoms with Gasteiger partial charge >= 0.3 is 5.97 Å². The minimum atomic E-state index is -0.787. The molecule has 1 aliphatic heterocycles. The van der Waals surface area contributed by atoms with Crippen LogP contribution in [0.15, 0.2) is 0 Å². The van der Waals surface area contributed by atoms with Crippen LogP contribution in [0.4, 0.5) is 0 Å². The number of hydrogen-bond acceptors (Lipinski definition) is 4. The fraction of sp³-hybridized carbons (Fsp3) is 0.929. The van der Waals surface area contributed by atoms with Crippen LogP contribution in [0.2, 0.25) is 0 Å². The normalized spacial score (nSPS) is 22.9. The van der Waals surface area contributed by atoms with Crippen LogP contribution in [0.25, 0.3) is 0 Å². The highest BCUT2D eigenvalue weighted by atomic mass is 16.5. The molecule has 1 heterocycles. The zero-order chi connectivity index (χ0) is 14.4. The van der Waals surface area contributed by atoms with Crippen molar-refractivity contribution in [3.8, 4) is 0 Å². The first-order valence-electron chi connectivity index (χ1n) is 7.20. The van der Waals surface area contributed by atoms with Gasteiger partial charge in [0.15, 0.2) is 0 Å². The quantitative estimate of drug-likeness (QED) is 0.725. The number of aliphatic carboxylic acids is 1. The van der Waals surface area contributed by atoms with Gasteiger partial charge in [-0.05, 0) is 11.8 Å². The largest absolute Gasteiger partial charge is 0.480 e. The third-order valence-electron chi connectivity index (χ3n) is 3.34. The second-order valence-corrected chi connectivity index (χ2v) is 6.11. The lowest BCUT2D eigenvalue weighted by Crippen LogP contribution is -2.51. The maximum atomic E-state index is 11.1. The van der Waals surface area contributed by atoms with E-state index in [9.17, 15) is 4.79 Å². The van der Waals surface area contributed by atoms with Gasteiger partial charge in [-0.1, -0.05) is 27.7 Å².